The molecule has 26 heavy (non-hydrogen) atoms. The number of unbranched alkanes of at least 4 members (excludes halogenated alkanes) is 1. The number of nitro groups is 1. The highest BCUT2D eigenvalue weighted by Gasteiger charge is 2.34. The van der Waals surface area contributed by atoms with Gasteiger partial charge in [-0.1, -0.05) is 25.5 Å². The van der Waals surface area contributed by atoms with Crippen molar-refractivity contribution in [3.63, 3.8) is 0 Å². The number of esters is 1. The highest BCUT2D eigenvalue weighted by Crippen LogP contribution is 2.31. The molecule has 0 aromatic heterocycles. The van der Waals surface area contributed by atoms with Crippen molar-refractivity contribution in [2.24, 2.45) is 0 Å². The fraction of sp³-hybridized carbons (Fsp3) is 0.444. The van der Waals surface area contributed by atoms with Crippen molar-refractivity contribution in [2.75, 3.05) is 0 Å². The number of carbonyl (C=O) groups excluding carboxylic acids is 2. The SMILES string of the molecule is CCCCC1=C(C(=O)OC(C)C)C(c2cccc([N+](=O)[O-])c2)NC(=O)N1. The zero-order valence-corrected chi connectivity index (χ0v) is 15.1. The Morgan fingerprint density at radius 1 is 1.38 bits per heavy atom. The molecule has 2 rings (SSSR count). The van der Waals surface area contributed by atoms with Gasteiger partial charge in [-0.2, -0.15) is 0 Å². The van der Waals surface area contributed by atoms with Crippen LogP contribution in [0, 0.1) is 10.1 Å². The quantitative estimate of drug-likeness (QED) is 0.439. The Morgan fingerprint density at radius 3 is 2.73 bits per heavy atom. The zero-order chi connectivity index (χ0) is 19.3. The van der Waals surface area contributed by atoms with E-state index in [1.54, 1.807) is 19.9 Å². The fourth-order valence-corrected chi connectivity index (χ4v) is 2.76. The van der Waals surface area contributed by atoms with Gasteiger partial charge in [0.05, 0.1) is 22.6 Å². The number of allylic oxidation sites excluding steroid dienone is 1. The van der Waals surface area contributed by atoms with Gasteiger partial charge in [0.25, 0.3) is 5.69 Å². The van der Waals surface area contributed by atoms with E-state index in [1.807, 2.05) is 6.92 Å². The Hall–Kier alpha value is -2.90. The van der Waals surface area contributed by atoms with Crippen LogP contribution in [0.3, 0.4) is 0 Å². The van der Waals surface area contributed by atoms with E-state index in [0.29, 0.717) is 17.7 Å². The molecule has 1 atom stereocenters. The van der Waals surface area contributed by atoms with E-state index in [-0.39, 0.29) is 17.4 Å². The number of urea groups is 1. The molecule has 2 amide bonds. The van der Waals surface area contributed by atoms with Crippen LogP contribution in [-0.2, 0) is 9.53 Å². The molecule has 0 aliphatic carbocycles. The summed E-state index contributed by atoms with van der Waals surface area (Å²) >= 11 is 0. The highest BCUT2D eigenvalue weighted by molar-refractivity contribution is 5.95. The molecule has 1 aromatic carbocycles. The second-order valence-electron chi connectivity index (χ2n) is 6.33. The summed E-state index contributed by atoms with van der Waals surface area (Å²) in [6, 6.07) is 4.63. The summed E-state index contributed by atoms with van der Waals surface area (Å²) in [4.78, 5) is 35.3. The van der Waals surface area contributed by atoms with Crippen LogP contribution in [0.15, 0.2) is 35.5 Å². The van der Waals surface area contributed by atoms with Crippen LogP contribution in [-0.4, -0.2) is 23.0 Å². The lowest BCUT2D eigenvalue weighted by Gasteiger charge is -2.29. The van der Waals surface area contributed by atoms with Gasteiger partial charge in [-0.3, -0.25) is 10.1 Å². The lowest BCUT2D eigenvalue weighted by molar-refractivity contribution is -0.384. The first-order chi connectivity index (χ1) is 12.3. The molecule has 140 valence electrons. The van der Waals surface area contributed by atoms with E-state index >= 15 is 0 Å². The first-order valence-electron chi connectivity index (χ1n) is 8.59. The fourth-order valence-electron chi connectivity index (χ4n) is 2.76. The minimum Gasteiger partial charge on any atom is -0.459 e. The number of nitro benzene ring substituents is 1. The monoisotopic (exact) mass is 361 g/mol. The molecular weight excluding hydrogens is 338 g/mol. The largest absolute Gasteiger partial charge is 0.459 e. The molecule has 0 saturated carbocycles. The summed E-state index contributed by atoms with van der Waals surface area (Å²) in [6.45, 7) is 5.48. The number of nitrogens with zero attached hydrogens (tertiary/aromatic N) is 1. The molecule has 8 heteroatoms. The van der Waals surface area contributed by atoms with Crippen molar-refractivity contribution >= 4 is 17.7 Å². The molecule has 0 radical (unpaired) electrons. The number of hydrogen-bond donors (Lipinski definition) is 2. The maximum absolute atomic E-state index is 12.7. The Morgan fingerprint density at radius 2 is 2.12 bits per heavy atom. The molecule has 0 saturated heterocycles. The van der Waals surface area contributed by atoms with E-state index in [0.717, 1.165) is 12.8 Å². The van der Waals surface area contributed by atoms with Crippen molar-refractivity contribution in [3.8, 4) is 0 Å². The molecule has 0 spiro atoms. The summed E-state index contributed by atoms with van der Waals surface area (Å²) < 4.78 is 5.34. The number of rotatable bonds is 7. The summed E-state index contributed by atoms with van der Waals surface area (Å²) in [5.41, 5.74) is 1.13. The summed E-state index contributed by atoms with van der Waals surface area (Å²) in [5, 5.41) is 16.4. The first-order valence-corrected chi connectivity index (χ1v) is 8.59. The number of hydrogen-bond acceptors (Lipinski definition) is 5. The van der Waals surface area contributed by atoms with Gasteiger partial charge in [-0.25, -0.2) is 9.59 Å². The number of carbonyl (C=O) groups is 2. The number of amides is 2. The van der Waals surface area contributed by atoms with Crippen LogP contribution >= 0.6 is 0 Å². The molecule has 0 fully saturated rings. The normalized spacial score (nSPS) is 16.9. The van der Waals surface area contributed by atoms with Crippen molar-refractivity contribution in [1.82, 2.24) is 10.6 Å². The third-order valence-corrected chi connectivity index (χ3v) is 3.91. The number of nitrogens with one attached hydrogen (secondary N) is 2. The maximum Gasteiger partial charge on any atom is 0.338 e. The van der Waals surface area contributed by atoms with Crippen LogP contribution in [0.4, 0.5) is 10.5 Å². The molecular formula is C18H23N3O5. The number of benzene rings is 1. The molecule has 1 aliphatic rings. The van der Waals surface area contributed by atoms with E-state index in [2.05, 4.69) is 10.6 Å². The van der Waals surface area contributed by atoms with Gasteiger partial charge < -0.3 is 15.4 Å². The minimum absolute atomic E-state index is 0.109. The van der Waals surface area contributed by atoms with Crippen LogP contribution in [0.1, 0.15) is 51.6 Å². The molecule has 2 N–H and O–H groups in total. The Balaban J connectivity index is 2.52. The lowest BCUT2D eigenvalue weighted by Crippen LogP contribution is -2.46. The average Bonchev–Trinajstić information content (AvgIpc) is 2.58. The third-order valence-electron chi connectivity index (χ3n) is 3.91. The topological polar surface area (TPSA) is 111 Å². The Bertz CT molecular complexity index is 742. The molecule has 1 unspecified atom stereocenters. The van der Waals surface area contributed by atoms with Gasteiger partial charge in [0.15, 0.2) is 0 Å². The van der Waals surface area contributed by atoms with Gasteiger partial charge >= 0.3 is 12.0 Å². The maximum atomic E-state index is 12.7. The van der Waals surface area contributed by atoms with E-state index < -0.39 is 23.0 Å². The Labute approximate surface area is 151 Å². The summed E-state index contributed by atoms with van der Waals surface area (Å²) in [7, 11) is 0. The number of non-ortho nitro benzene ring substituents is 1. The first kappa shape index (κ1) is 19.4. The Kier molecular flexibility index (Phi) is 6.32. The van der Waals surface area contributed by atoms with Crippen molar-refractivity contribution in [2.45, 2.75) is 52.2 Å². The third kappa shape index (κ3) is 4.59. The molecule has 1 aliphatic heterocycles. The van der Waals surface area contributed by atoms with Crippen LogP contribution in [0.5, 0.6) is 0 Å². The van der Waals surface area contributed by atoms with Crippen molar-refractivity contribution in [3.05, 3.63) is 51.2 Å². The van der Waals surface area contributed by atoms with E-state index in [1.165, 1.54) is 18.2 Å². The van der Waals surface area contributed by atoms with Crippen LogP contribution < -0.4 is 10.6 Å². The number of ether oxygens (including phenoxy) is 1. The van der Waals surface area contributed by atoms with Gasteiger partial charge in [0.2, 0.25) is 0 Å². The van der Waals surface area contributed by atoms with Crippen LogP contribution in [0.25, 0.3) is 0 Å². The average molecular weight is 361 g/mol. The standard InChI is InChI=1S/C18H23N3O5/c1-4-5-9-14-15(17(22)26-11(2)3)16(20-18(23)19-14)12-7-6-8-13(10-12)21(24)25/h6-8,10-11,16H,4-5,9H2,1-3H3,(H2,19,20,23). The van der Waals surface area contributed by atoms with Gasteiger partial charge in [-0.05, 0) is 32.3 Å². The van der Waals surface area contributed by atoms with Gasteiger partial charge in [0, 0.05) is 17.8 Å². The zero-order valence-electron chi connectivity index (χ0n) is 15.1. The minimum atomic E-state index is -0.804. The molecule has 0 bridgehead atoms. The van der Waals surface area contributed by atoms with E-state index in [9.17, 15) is 19.7 Å². The molecule has 1 heterocycles. The highest BCUT2D eigenvalue weighted by atomic mass is 16.6. The lowest BCUT2D eigenvalue weighted by atomic mass is 9.93. The van der Waals surface area contributed by atoms with Gasteiger partial charge in [0.1, 0.15) is 0 Å². The van der Waals surface area contributed by atoms with Crippen molar-refractivity contribution in [1.29, 1.82) is 0 Å². The predicted molar refractivity (Wildman–Crippen MR) is 95.3 cm³/mol. The summed E-state index contributed by atoms with van der Waals surface area (Å²) in [5.74, 6) is -0.546. The second kappa shape index (κ2) is 8.46. The predicted octanol–water partition coefficient (Wildman–Crippen LogP) is 3.34. The smallest absolute Gasteiger partial charge is 0.338 e. The van der Waals surface area contributed by atoms with Crippen molar-refractivity contribution < 1.29 is 19.2 Å². The van der Waals surface area contributed by atoms with Gasteiger partial charge in [-0.15, -0.1) is 0 Å². The summed E-state index contributed by atoms with van der Waals surface area (Å²) in [6.07, 6.45) is 1.86. The molecule has 1 aromatic rings. The molecule has 8 nitrogen and oxygen atoms in total. The van der Waals surface area contributed by atoms with Crippen LogP contribution in [0.2, 0.25) is 0 Å². The van der Waals surface area contributed by atoms with E-state index in [4.69, 9.17) is 4.74 Å². The second-order valence-corrected chi connectivity index (χ2v) is 6.33.